The fourth-order valence-corrected chi connectivity index (χ4v) is 2.74. The number of benzene rings is 1. The van der Waals surface area contributed by atoms with Gasteiger partial charge in [0, 0.05) is 17.3 Å². The highest BCUT2D eigenvalue weighted by Gasteiger charge is 2.05. The van der Waals surface area contributed by atoms with E-state index in [1.807, 2.05) is 43.3 Å². The second-order valence-electron chi connectivity index (χ2n) is 5.87. The van der Waals surface area contributed by atoms with E-state index in [1.54, 1.807) is 6.20 Å². The van der Waals surface area contributed by atoms with Crippen molar-refractivity contribution < 1.29 is 4.42 Å². The minimum absolute atomic E-state index is 0.615. The number of furan rings is 1. The summed E-state index contributed by atoms with van der Waals surface area (Å²) in [5.41, 5.74) is 3.03. The zero-order valence-electron chi connectivity index (χ0n) is 13.9. The molecule has 0 aliphatic carbocycles. The largest absolute Gasteiger partial charge is 0.465 e. The van der Waals surface area contributed by atoms with Crippen LogP contribution in [0.1, 0.15) is 17.2 Å². The summed E-state index contributed by atoms with van der Waals surface area (Å²) in [7, 11) is 0. The molecule has 0 fully saturated rings. The Morgan fingerprint density at radius 1 is 1.00 bits per heavy atom. The van der Waals surface area contributed by atoms with Gasteiger partial charge in [0.15, 0.2) is 0 Å². The number of fused-ring (bicyclic) bond motifs is 1. The van der Waals surface area contributed by atoms with Gasteiger partial charge >= 0.3 is 0 Å². The average molecular weight is 333 g/mol. The lowest BCUT2D eigenvalue weighted by molar-refractivity contribution is 0.490. The van der Waals surface area contributed by atoms with Gasteiger partial charge in [-0.1, -0.05) is 6.07 Å². The molecule has 0 saturated carbocycles. The van der Waals surface area contributed by atoms with Crippen molar-refractivity contribution >= 4 is 22.4 Å². The lowest BCUT2D eigenvalue weighted by Gasteiger charge is -2.10. The summed E-state index contributed by atoms with van der Waals surface area (Å²) in [6.07, 6.45) is 1.75. The molecule has 3 heterocycles. The van der Waals surface area contributed by atoms with Gasteiger partial charge in [0.05, 0.1) is 24.3 Å². The van der Waals surface area contributed by atoms with Crippen molar-refractivity contribution in [2.75, 3.05) is 10.6 Å². The smallest absolute Gasteiger partial charge is 0.127 e. The van der Waals surface area contributed by atoms with Crippen molar-refractivity contribution in [2.45, 2.75) is 20.0 Å². The number of pyridine rings is 1. The molecule has 0 saturated heterocycles. The van der Waals surface area contributed by atoms with Gasteiger partial charge in [-0.15, -0.1) is 0 Å². The molecule has 0 bridgehead atoms. The standard InChI is InChI=1S/C19H19N5O/c1-13-5-6-15(25-13)12-21-19-8-7-16-17(3-2-4-18(16)23-19)20-11-14-9-10-22-24-14/h2-10,20H,11-12H2,1H3,(H,21,23)(H,22,24). The van der Waals surface area contributed by atoms with Gasteiger partial charge in [-0.3, -0.25) is 5.10 Å². The maximum atomic E-state index is 5.57. The molecule has 0 unspecified atom stereocenters. The van der Waals surface area contributed by atoms with Gasteiger partial charge in [0.25, 0.3) is 0 Å². The summed E-state index contributed by atoms with van der Waals surface area (Å²) in [4.78, 5) is 4.69. The van der Waals surface area contributed by atoms with Crippen LogP contribution in [-0.2, 0) is 13.1 Å². The highest BCUT2D eigenvalue weighted by Crippen LogP contribution is 2.24. The summed E-state index contributed by atoms with van der Waals surface area (Å²) in [6.45, 7) is 3.25. The van der Waals surface area contributed by atoms with E-state index in [0.29, 0.717) is 13.1 Å². The molecule has 4 aromatic rings. The maximum absolute atomic E-state index is 5.57. The molecule has 0 aliphatic rings. The quantitative estimate of drug-likeness (QED) is 0.495. The van der Waals surface area contributed by atoms with E-state index < -0.39 is 0 Å². The van der Waals surface area contributed by atoms with Crippen LogP contribution >= 0.6 is 0 Å². The van der Waals surface area contributed by atoms with Gasteiger partial charge in [-0.05, 0) is 49.4 Å². The number of aromatic nitrogens is 3. The van der Waals surface area contributed by atoms with Crippen molar-refractivity contribution in [3.8, 4) is 0 Å². The van der Waals surface area contributed by atoms with E-state index in [0.717, 1.165) is 39.6 Å². The number of H-pyrrole nitrogens is 1. The molecule has 3 N–H and O–H groups in total. The first-order valence-corrected chi connectivity index (χ1v) is 8.19. The molecule has 0 radical (unpaired) electrons. The maximum Gasteiger partial charge on any atom is 0.127 e. The molecule has 3 aromatic heterocycles. The minimum Gasteiger partial charge on any atom is -0.465 e. The zero-order valence-corrected chi connectivity index (χ0v) is 13.9. The second kappa shape index (κ2) is 6.68. The third kappa shape index (κ3) is 3.47. The van der Waals surface area contributed by atoms with Crippen LogP contribution in [0.3, 0.4) is 0 Å². The fourth-order valence-electron chi connectivity index (χ4n) is 2.74. The molecular formula is C19H19N5O. The average Bonchev–Trinajstić information content (AvgIpc) is 3.29. The number of anilines is 2. The topological polar surface area (TPSA) is 78.8 Å². The number of hydrogen-bond donors (Lipinski definition) is 3. The van der Waals surface area contributed by atoms with Crippen LogP contribution in [0.2, 0.25) is 0 Å². The van der Waals surface area contributed by atoms with Crippen LogP contribution < -0.4 is 10.6 Å². The monoisotopic (exact) mass is 333 g/mol. The van der Waals surface area contributed by atoms with Crippen LogP contribution in [0.25, 0.3) is 10.9 Å². The molecule has 4 rings (SSSR count). The summed E-state index contributed by atoms with van der Waals surface area (Å²) in [5.74, 6) is 2.64. The molecule has 126 valence electrons. The Morgan fingerprint density at radius 2 is 1.96 bits per heavy atom. The first kappa shape index (κ1) is 15.3. The van der Waals surface area contributed by atoms with Crippen molar-refractivity contribution in [3.63, 3.8) is 0 Å². The van der Waals surface area contributed by atoms with Crippen molar-refractivity contribution in [1.82, 2.24) is 15.2 Å². The zero-order chi connectivity index (χ0) is 17.1. The highest BCUT2D eigenvalue weighted by molar-refractivity contribution is 5.92. The Kier molecular flexibility index (Phi) is 4.08. The minimum atomic E-state index is 0.615. The van der Waals surface area contributed by atoms with Crippen LogP contribution in [0.4, 0.5) is 11.5 Å². The molecule has 6 heteroatoms. The predicted octanol–water partition coefficient (Wildman–Crippen LogP) is 4.08. The summed E-state index contributed by atoms with van der Waals surface area (Å²) < 4.78 is 5.57. The normalized spacial score (nSPS) is 10.9. The summed E-state index contributed by atoms with van der Waals surface area (Å²) in [6, 6.07) is 16.0. The molecule has 0 aliphatic heterocycles. The summed E-state index contributed by atoms with van der Waals surface area (Å²) in [5, 5.41) is 14.7. The van der Waals surface area contributed by atoms with Crippen molar-refractivity contribution in [3.05, 3.63) is 71.9 Å². The molecule has 1 aromatic carbocycles. The Bertz CT molecular complexity index is 975. The first-order chi connectivity index (χ1) is 12.3. The van der Waals surface area contributed by atoms with Crippen molar-refractivity contribution in [1.29, 1.82) is 0 Å². The SMILES string of the molecule is Cc1ccc(CNc2ccc3c(NCc4ccn[nH]4)cccc3n2)o1. The Labute approximate surface area is 145 Å². The third-order valence-corrected chi connectivity index (χ3v) is 4.00. The van der Waals surface area contributed by atoms with Gasteiger partial charge in [0.2, 0.25) is 0 Å². The number of aryl methyl sites for hydroxylation is 1. The molecule has 0 atom stereocenters. The highest BCUT2D eigenvalue weighted by atomic mass is 16.3. The van der Waals surface area contributed by atoms with Gasteiger partial charge in [-0.25, -0.2) is 4.98 Å². The van der Waals surface area contributed by atoms with Gasteiger partial charge < -0.3 is 15.1 Å². The Balaban J connectivity index is 1.50. The molecule has 6 nitrogen and oxygen atoms in total. The van der Waals surface area contributed by atoms with Crippen LogP contribution in [0, 0.1) is 6.92 Å². The molecular weight excluding hydrogens is 314 g/mol. The number of nitrogens with one attached hydrogen (secondary N) is 3. The van der Waals surface area contributed by atoms with E-state index in [4.69, 9.17) is 4.42 Å². The van der Waals surface area contributed by atoms with Gasteiger partial charge in [0.1, 0.15) is 17.3 Å². The number of nitrogens with zero attached hydrogens (tertiary/aromatic N) is 2. The fraction of sp³-hybridized carbons (Fsp3) is 0.158. The van der Waals surface area contributed by atoms with E-state index in [1.165, 1.54) is 0 Å². The molecule has 25 heavy (non-hydrogen) atoms. The first-order valence-electron chi connectivity index (χ1n) is 8.19. The van der Waals surface area contributed by atoms with E-state index in [9.17, 15) is 0 Å². The lowest BCUT2D eigenvalue weighted by atomic mass is 10.1. The second-order valence-corrected chi connectivity index (χ2v) is 5.87. The third-order valence-electron chi connectivity index (χ3n) is 4.00. The number of aromatic amines is 1. The number of hydrogen-bond acceptors (Lipinski definition) is 5. The van der Waals surface area contributed by atoms with E-state index >= 15 is 0 Å². The van der Waals surface area contributed by atoms with Crippen LogP contribution in [0.15, 0.2) is 59.1 Å². The Hall–Kier alpha value is -3.28. The van der Waals surface area contributed by atoms with E-state index in [-0.39, 0.29) is 0 Å². The van der Waals surface area contributed by atoms with Crippen LogP contribution in [0.5, 0.6) is 0 Å². The predicted molar refractivity (Wildman–Crippen MR) is 98.4 cm³/mol. The van der Waals surface area contributed by atoms with E-state index in [2.05, 4.69) is 37.9 Å². The number of rotatable bonds is 6. The van der Waals surface area contributed by atoms with Gasteiger partial charge in [-0.2, -0.15) is 5.10 Å². The lowest BCUT2D eigenvalue weighted by Crippen LogP contribution is -2.02. The van der Waals surface area contributed by atoms with Crippen LogP contribution in [-0.4, -0.2) is 15.2 Å². The summed E-state index contributed by atoms with van der Waals surface area (Å²) >= 11 is 0. The molecule has 0 amide bonds. The van der Waals surface area contributed by atoms with Crippen molar-refractivity contribution in [2.24, 2.45) is 0 Å². The Morgan fingerprint density at radius 3 is 2.76 bits per heavy atom. The molecule has 0 spiro atoms.